The Hall–Kier alpha value is 0.639. The summed E-state index contributed by atoms with van der Waals surface area (Å²) in [6.45, 7) is 17.5. The predicted octanol–water partition coefficient (Wildman–Crippen LogP) is 5.87. The molecule has 0 spiro atoms. The third-order valence-electron chi connectivity index (χ3n) is 7.12. The molecular formula is C32H68O4Sn. The normalized spacial score (nSPS) is 13.3. The van der Waals surface area contributed by atoms with Gasteiger partial charge in [-0.15, -0.1) is 26.4 Å². The number of hydrogen-bond donors (Lipinski definition) is 0. The standard InChI is InChI=1S/4C8H17O.Sn/c4*1-3-5-6-8(4-2)7-9;/h4*8H,3-7H2,1-2H3;/q4*-1;+4. The first-order valence-corrected chi connectivity index (χ1v) is 15.7. The number of rotatable bonds is 20. The Balaban J connectivity index is -0.000000122. The average Bonchev–Trinajstić information content (AvgIpc) is 2.92. The summed E-state index contributed by atoms with van der Waals surface area (Å²) in [5.41, 5.74) is 0. The Morgan fingerprint density at radius 2 is 0.514 bits per heavy atom. The van der Waals surface area contributed by atoms with Crippen LogP contribution in [0.3, 0.4) is 0 Å². The summed E-state index contributed by atoms with van der Waals surface area (Å²) in [5, 5.41) is 41.5. The van der Waals surface area contributed by atoms with Crippen molar-refractivity contribution in [2.45, 2.75) is 158 Å². The van der Waals surface area contributed by atoms with Gasteiger partial charge >= 0.3 is 23.9 Å². The fraction of sp³-hybridized carbons (Fsp3) is 1.00. The van der Waals surface area contributed by atoms with Gasteiger partial charge in [-0.25, -0.2) is 0 Å². The van der Waals surface area contributed by atoms with Crippen LogP contribution in [-0.2, 0) is 0 Å². The van der Waals surface area contributed by atoms with Gasteiger partial charge in [0.15, 0.2) is 0 Å². The molecular weight excluding hydrogens is 567 g/mol. The van der Waals surface area contributed by atoms with E-state index < -0.39 is 0 Å². The quantitative estimate of drug-likeness (QED) is 0.157. The van der Waals surface area contributed by atoms with Crippen LogP contribution in [-0.4, -0.2) is 50.3 Å². The van der Waals surface area contributed by atoms with Crippen LogP contribution in [0, 0.1) is 23.7 Å². The SMILES string of the molecule is CCCCC(CC)C[O-].CCCCC(CC)C[O-].CCCCC(CC)C[O-].CCCCC(CC)C[O-].[Sn+4]. The molecule has 0 amide bonds. The first-order valence-electron chi connectivity index (χ1n) is 15.7. The molecule has 0 saturated heterocycles. The first-order chi connectivity index (χ1) is 17.4. The van der Waals surface area contributed by atoms with Crippen LogP contribution in [0.15, 0.2) is 0 Å². The monoisotopic (exact) mass is 636 g/mol. The summed E-state index contributed by atoms with van der Waals surface area (Å²) in [4.78, 5) is 0. The Labute approximate surface area is 251 Å². The summed E-state index contributed by atoms with van der Waals surface area (Å²) < 4.78 is 0. The molecule has 5 heteroatoms. The minimum atomic E-state index is 0. The topological polar surface area (TPSA) is 92.2 Å². The van der Waals surface area contributed by atoms with Gasteiger partial charge in [-0.1, -0.05) is 182 Å². The smallest absolute Gasteiger partial charge is 0.854 e. The molecule has 4 nitrogen and oxygen atoms in total. The Bertz CT molecular complexity index is 265. The maximum absolute atomic E-state index is 10.4. The van der Waals surface area contributed by atoms with Crippen molar-refractivity contribution in [1.82, 2.24) is 0 Å². The number of unbranched alkanes of at least 4 members (excludes halogenated alkanes) is 4. The van der Waals surface area contributed by atoms with Crippen LogP contribution in [0.1, 0.15) is 158 Å². The van der Waals surface area contributed by atoms with Crippen LogP contribution in [0.4, 0.5) is 0 Å². The molecule has 0 N–H and O–H groups in total. The van der Waals surface area contributed by atoms with Crippen molar-refractivity contribution in [3.63, 3.8) is 0 Å². The maximum atomic E-state index is 10.4. The van der Waals surface area contributed by atoms with Crippen molar-refractivity contribution in [3.8, 4) is 0 Å². The summed E-state index contributed by atoms with van der Waals surface area (Å²) in [6, 6.07) is 0. The third kappa shape index (κ3) is 41.3. The van der Waals surface area contributed by atoms with Crippen molar-refractivity contribution in [2.75, 3.05) is 26.4 Å². The Kier molecular flexibility index (Phi) is 56.0. The molecule has 0 heterocycles. The first kappa shape index (κ1) is 47.4. The molecule has 0 rings (SSSR count). The van der Waals surface area contributed by atoms with Gasteiger partial charge in [0.05, 0.1) is 0 Å². The van der Waals surface area contributed by atoms with E-state index in [9.17, 15) is 20.4 Å². The van der Waals surface area contributed by atoms with Crippen molar-refractivity contribution in [1.29, 1.82) is 0 Å². The average molecular weight is 636 g/mol. The van der Waals surface area contributed by atoms with Gasteiger partial charge in [0.1, 0.15) is 0 Å². The molecule has 0 saturated carbocycles. The fourth-order valence-electron chi connectivity index (χ4n) is 3.59. The van der Waals surface area contributed by atoms with Gasteiger partial charge < -0.3 is 20.4 Å². The van der Waals surface area contributed by atoms with E-state index in [-0.39, 0.29) is 50.3 Å². The second kappa shape index (κ2) is 43.7. The zero-order valence-corrected chi connectivity index (χ0v) is 29.4. The second-order valence-electron chi connectivity index (χ2n) is 10.3. The van der Waals surface area contributed by atoms with Crippen molar-refractivity contribution < 1.29 is 20.4 Å². The molecule has 0 aliphatic carbocycles. The Morgan fingerprint density at radius 1 is 0.351 bits per heavy atom. The van der Waals surface area contributed by atoms with Gasteiger partial charge in [0.2, 0.25) is 0 Å². The van der Waals surface area contributed by atoms with Gasteiger partial charge in [-0.05, 0) is 0 Å². The van der Waals surface area contributed by atoms with E-state index in [1.54, 1.807) is 0 Å². The van der Waals surface area contributed by atoms with Crippen molar-refractivity contribution in [3.05, 3.63) is 0 Å². The van der Waals surface area contributed by atoms with Crippen LogP contribution in [0.25, 0.3) is 0 Å². The summed E-state index contributed by atoms with van der Waals surface area (Å²) in [6.07, 6.45) is 18.5. The summed E-state index contributed by atoms with van der Waals surface area (Å²) >= 11 is 0. The minimum absolute atomic E-state index is 0. The van der Waals surface area contributed by atoms with Gasteiger partial charge in [0, 0.05) is 0 Å². The van der Waals surface area contributed by atoms with Gasteiger partial charge in [0.25, 0.3) is 0 Å². The van der Waals surface area contributed by atoms with E-state index in [0.717, 1.165) is 51.4 Å². The molecule has 4 atom stereocenters. The van der Waals surface area contributed by atoms with E-state index in [0.29, 0.717) is 23.7 Å². The molecule has 0 aromatic rings. The molecule has 0 fully saturated rings. The predicted molar refractivity (Wildman–Crippen MR) is 158 cm³/mol. The van der Waals surface area contributed by atoms with Crippen molar-refractivity contribution in [2.24, 2.45) is 23.7 Å². The number of hydrogen-bond acceptors (Lipinski definition) is 4. The van der Waals surface area contributed by atoms with E-state index >= 15 is 0 Å². The van der Waals surface area contributed by atoms with E-state index in [2.05, 4.69) is 55.4 Å². The molecule has 0 aliphatic heterocycles. The van der Waals surface area contributed by atoms with E-state index in [1.165, 1.54) is 51.4 Å². The molecule has 37 heavy (non-hydrogen) atoms. The molecule has 224 valence electrons. The van der Waals surface area contributed by atoms with Crippen molar-refractivity contribution >= 4 is 23.9 Å². The molecule has 0 aliphatic rings. The van der Waals surface area contributed by atoms with Gasteiger partial charge in [-0.3, -0.25) is 0 Å². The van der Waals surface area contributed by atoms with Crippen LogP contribution < -0.4 is 20.4 Å². The summed E-state index contributed by atoms with van der Waals surface area (Å²) in [7, 11) is 0. The molecule has 0 aromatic heterocycles. The molecule has 0 radical (unpaired) electrons. The zero-order valence-electron chi connectivity index (χ0n) is 26.6. The van der Waals surface area contributed by atoms with Crippen LogP contribution in [0.5, 0.6) is 0 Å². The second-order valence-corrected chi connectivity index (χ2v) is 10.3. The zero-order chi connectivity index (χ0) is 28.5. The Morgan fingerprint density at radius 3 is 0.595 bits per heavy atom. The molecule has 0 bridgehead atoms. The maximum Gasteiger partial charge on any atom is 4.00 e. The minimum Gasteiger partial charge on any atom is -0.854 e. The van der Waals surface area contributed by atoms with Gasteiger partial charge in [-0.2, -0.15) is 0 Å². The fourth-order valence-corrected chi connectivity index (χ4v) is 3.59. The van der Waals surface area contributed by atoms with E-state index in [1.807, 2.05) is 0 Å². The summed E-state index contributed by atoms with van der Waals surface area (Å²) in [5.74, 6) is 1.80. The van der Waals surface area contributed by atoms with Crippen LogP contribution in [0.2, 0.25) is 0 Å². The third-order valence-corrected chi connectivity index (χ3v) is 7.12. The van der Waals surface area contributed by atoms with E-state index in [4.69, 9.17) is 0 Å². The molecule has 4 unspecified atom stereocenters. The largest absolute Gasteiger partial charge is 4.00 e. The van der Waals surface area contributed by atoms with Crippen LogP contribution >= 0.6 is 0 Å². The molecule has 0 aromatic carbocycles.